The van der Waals surface area contributed by atoms with Crippen LogP contribution in [0, 0.1) is 0 Å². The van der Waals surface area contributed by atoms with Gasteiger partial charge in [0, 0.05) is 10.7 Å². The minimum atomic E-state index is -0.585. The van der Waals surface area contributed by atoms with Crippen molar-refractivity contribution in [1.29, 1.82) is 0 Å². The molecule has 0 saturated carbocycles. The first-order chi connectivity index (χ1) is 12.6. The highest BCUT2D eigenvalue weighted by atomic mass is 35.5. The van der Waals surface area contributed by atoms with Gasteiger partial charge in [-0.2, -0.15) is 0 Å². The van der Waals surface area contributed by atoms with Crippen LogP contribution in [0.4, 0.5) is 16.2 Å². The lowest BCUT2D eigenvalue weighted by Gasteiger charge is -2.22. The van der Waals surface area contributed by atoms with Gasteiger partial charge in [-0.05, 0) is 42.5 Å². The van der Waals surface area contributed by atoms with E-state index < -0.39 is 11.9 Å². The highest BCUT2D eigenvalue weighted by molar-refractivity contribution is 6.38. The first-order valence-corrected chi connectivity index (χ1v) is 8.52. The SMILES string of the molecule is O=C(Nc1ccccc1)N(C(=O)c1ccc(Cl)cc1Cl)c1ccccc1. The molecule has 1 N–H and O–H groups in total. The topological polar surface area (TPSA) is 49.4 Å². The lowest BCUT2D eigenvalue weighted by molar-refractivity contribution is 0.0996. The fourth-order valence-corrected chi connectivity index (χ4v) is 2.88. The summed E-state index contributed by atoms with van der Waals surface area (Å²) >= 11 is 12.1. The highest BCUT2D eigenvalue weighted by Crippen LogP contribution is 2.25. The maximum atomic E-state index is 13.0. The van der Waals surface area contributed by atoms with Crippen LogP contribution in [-0.2, 0) is 0 Å². The zero-order chi connectivity index (χ0) is 18.5. The molecule has 0 saturated heterocycles. The smallest absolute Gasteiger partial charge is 0.307 e. The molecule has 0 aliphatic carbocycles. The zero-order valence-electron chi connectivity index (χ0n) is 13.5. The molecule has 0 fully saturated rings. The van der Waals surface area contributed by atoms with Crippen LogP contribution in [0.5, 0.6) is 0 Å². The van der Waals surface area contributed by atoms with Gasteiger partial charge in [-0.25, -0.2) is 9.69 Å². The Hall–Kier alpha value is -2.82. The zero-order valence-corrected chi connectivity index (χ0v) is 15.0. The van der Waals surface area contributed by atoms with Crippen LogP contribution in [0.3, 0.4) is 0 Å². The third kappa shape index (κ3) is 4.04. The van der Waals surface area contributed by atoms with E-state index in [4.69, 9.17) is 23.2 Å². The van der Waals surface area contributed by atoms with E-state index in [1.807, 2.05) is 6.07 Å². The fraction of sp³-hybridized carbons (Fsp3) is 0. The maximum absolute atomic E-state index is 13.0. The number of anilines is 2. The van der Waals surface area contributed by atoms with E-state index in [9.17, 15) is 9.59 Å². The summed E-state index contributed by atoms with van der Waals surface area (Å²) in [6.45, 7) is 0. The second kappa shape index (κ2) is 8.04. The monoisotopic (exact) mass is 384 g/mol. The van der Waals surface area contributed by atoms with E-state index >= 15 is 0 Å². The summed E-state index contributed by atoms with van der Waals surface area (Å²) in [7, 11) is 0. The largest absolute Gasteiger partial charge is 0.333 e. The molecule has 3 amide bonds. The first-order valence-electron chi connectivity index (χ1n) is 7.77. The predicted octanol–water partition coefficient (Wildman–Crippen LogP) is 5.87. The van der Waals surface area contributed by atoms with E-state index in [-0.39, 0.29) is 10.6 Å². The third-order valence-electron chi connectivity index (χ3n) is 3.61. The molecule has 26 heavy (non-hydrogen) atoms. The number of nitrogens with one attached hydrogen (secondary N) is 1. The summed E-state index contributed by atoms with van der Waals surface area (Å²) in [6, 6.07) is 21.5. The molecule has 3 rings (SSSR count). The van der Waals surface area contributed by atoms with Crippen molar-refractivity contribution in [2.24, 2.45) is 0 Å². The first kappa shape index (κ1) is 18.0. The number of carbonyl (C=O) groups is 2. The van der Waals surface area contributed by atoms with Gasteiger partial charge in [-0.15, -0.1) is 0 Å². The Kier molecular flexibility index (Phi) is 5.56. The number of carbonyl (C=O) groups excluding carboxylic acids is 2. The molecule has 0 unspecified atom stereocenters. The van der Waals surface area contributed by atoms with Crippen LogP contribution in [0.25, 0.3) is 0 Å². The summed E-state index contributed by atoms with van der Waals surface area (Å²) in [5.74, 6) is -0.550. The minimum absolute atomic E-state index is 0.177. The minimum Gasteiger partial charge on any atom is -0.307 e. The summed E-state index contributed by atoms with van der Waals surface area (Å²) in [5, 5.41) is 3.30. The summed E-state index contributed by atoms with van der Waals surface area (Å²) in [4.78, 5) is 26.9. The molecule has 0 atom stereocenters. The number of rotatable bonds is 3. The standard InChI is InChI=1S/C20H14Cl2N2O2/c21-14-11-12-17(18(22)13-14)19(25)24(16-9-5-2-6-10-16)20(26)23-15-7-3-1-4-8-15/h1-13H,(H,23,26). The Labute approximate surface area is 161 Å². The predicted molar refractivity (Wildman–Crippen MR) is 105 cm³/mol. The Morgan fingerprint density at radius 3 is 2.04 bits per heavy atom. The molecule has 0 aromatic heterocycles. The molecule has 6 heteroatoms. The van der Waals surface area contributed by atoms with Crippen molar-refractivity contribution < 1.29 is 9.59 Å². The van der Waals surface area contributed by atoms with Gasteiger partial charge in [0.05, 0.1) is 16.3 Å². The number of hydrogen-bond donors (Lipinski definition) is 1. The van der Waals surface area contributed by atoms with E-state index in [1.165, 1.54) is 12.1 Å². The van der Waals surface area contributed by atoms with Crippen LogP contribution >= 0.6 is 23.2 Å². The van der Waals surface area contributed by atoms with Crippen molar-refractivity contribution in [2.45, 2.75) is 0 Å². The number of para-hydroxylation sites is 2. The van der Waals surface area contributed by atoms with Crippen LogP contribution in [0.1, 0.15) is 10.4 Å². The lowest BCUT2D eigenvalue weighted by Crippen LogP contribution is -2.40. The van der Waals surface area contributed by atoms with Gasteiger partial charge in [0.2, 0.25) is 0 Å². The molecule has 0 spiro atoms. The molecular weight excluding hydrogens is 371 g/mol. The van der Waals surface area contributed by atoms with Crippen molar-refractivity contribution in [3.05, 3.63) is 94.5 Å². The Balaban J connectivity index is 1.98. The molecule has 0 radical (unpaired) electrons. The number of benzene rings is 3. The average Bonchev–Trinajstić information content (AvgIpc) is 2.63. The molecule has 0 heterocycles. The van der Waals surface area contributed by atoms with Crippen molar-refractivity contribution in [1.82, 2.24) is 0 Å². The summed E-state index contributed by atoms with van der Waals surface area (Å²) in [5.41, 5.74) is 1.19. The van der Waals surface area contributed by atoms with E-state index in [1.54, 1.807) is 60.7 Å². The fourth-order valence-electron chi connectivity index (χ4n) is 2.39. The molecule has 4 nitrogen and oxygen atoms in total. The molecule has 0 aliphatic rings. The van der Waals surface area contributed by atoms with Gasteiger partial charge in [-0.3, -0.25) is 4.79 Å². The van der Waals surface area contributed by atoms with E-state index in [2.05, 4.69) is 5.32 Å². The lowest BCUT2D eigenvalue weighted by atomic mass is 10.2. The van der Waals surface area contributed by atoms with E-state index in [0.29, 0.717) is 16.4 Å². The van der Waals surface area contributed by atoms with Gasteiger partial charge in [0.25, 0.3) is 5.91 Å². The van der Waals surface area contributed by atoms with Gasteiger partial charge in [-0.1, -0.05) is 59.6 Å². The molecule has 130 valence electrons. The number of urea groups is 1. The Morgan fingerprint density at radius 2 is 1.42 bits per heavy atom. The van der Waals surface area contributed by atoms with Crippen molar-refractivity contribution >= 4 is 46.5 Å². The number of nitrogens with zero attached hydrogens (tertiary/aromatic N) is 1. The van der Waals surface area contributed by atoms with Crippen LogP contribution in [0.2, 0.25) is 10.0 Å². The maximum Gasteiger partial charge on any atom is 0.333 e. The third-order valence-corrected chi connectivity index (χ3v) is 4.15. The average molecular weight is 385 g/mol. The molecule has 3 aromatic rings. The van der Waals surface area contributed by atoms with Crippen LogP contribution in [0.15, 0.2) is 78.9 Å². The summed E-state index contributed by atoms with van der Waals surface area (Å²) < 4.78 is 0. The van der Waals surface area contributed by atoms with Gasteiger partial charge < -0.3 is 5.32 Å². The van der Waals surface area contributed by atoms with Crippen molar-refractivity contribution in [3.63, 3.8) is 0 Å². The normalized spacial score (nSPS) is 10.2. The van der Waals surface area contributed by atoms with E-state index in [0.717, 1.165) is 4.90 Å². The molecule has 0 aliphatic heterocycles. The van der Waals surface area contributed by atoms with Crippen LogP contribution in [-0.4, -0.2) is 11.9 Å². The van der Waals surface area contributed by atoms with Gasteiger partial charge in [0.1, 0.15) is 0 Å². The number of hydrogen-bond acceptors (Lipinski definition) is 2. The van der Waals surface area contributed by atoms with Gasteiger partial charge >= 0.3 is 6.03 Å². The molecule has 0 bridgehead atoms. The number of halogens is 2. The van der Waals surface area contributed by atoms with Gasteiger partial charge in [0.15, 0.2) is 0 Å². The Morgan fingerprint density at radius 1 is 0.808 bits per heavy atom. The summed E-state index contributed by atoms with van der Waals surface area (Å²) in [6.07, 6.45) is 0. The van der Waals surface area contributed by atoms with Crippen molar-refractivity contribution in [3.8, 4) is 0 Å². The number of amides is 3. The number of imide groups is 1. The highest BCUT2D eigenvalue weighted by Gasteiger charge is 2.26. The van der Waals surface area contributed by atoms with Crippen LogP contribution < -0.4 is 10.2 Å². The molecule has 3 aromatic carbocycles. The molecular formula is C20H14Cl2N2O2. The van der Waals surface area contributed by atoms with Crippen molar-refractivity contribution in [2.75, 3.05) is 10.2 Å². The second-order valence-corrected chi connectivity index (χ2v) is 6.24. The quantitative estimate of drug-likeness (QED) is 0.613. The Bertz CT molecular complexity index is 931. The second-order valence-electron chi connectivity index (χ2n) is 5.40.